The van der Waals surface area contributed by atoms with Crippen molar-refractivity contribution in [3.05, 3.63) is 66.9 Å². The van der Waals surface area contributed by atoms with E-state index in [4.69, 9.17) is 9.97 Å². The predicted molar refractivity (Wildman–Crippen MR) is 106 cm³/mol. The minimum Gasteiger partial charge on any atom is -0.320 e. The monoisotopic (exact) mass is 338 g/mol. The number of pyridine rings is 2. The minimum absolute atomic E-state index is 0.292. The summed E-state index contributed by atoms with van der Waals surface area (Å²) >= 11 is 0. The summed E-state index contributed by atoms with van der Waals surface area (Å²) in [5.41, 5.74) is 4.85. The molecule has 4 nitrogen and oxygen atoms in total. The molecule has 0 aliphatic carbocycles. The van der Waals surface area contributed by atoms with Gasteiger partial charge in [-0.15, -0.1) is 0 Å². The number of hydrogen-bond donors (Lipinski definition) is 0. The molecule has 0 aliphatic heterocycles. The van der Waals surface area contributed by atoms with Crippen molar-refractivity contribution in [3.8, 4) is 11.5 Å². The minimum atomic E-state index is 0.292. The van der Waals surface area contributed by atoms with Gasteiger partial charge in [0.15, 0.2) is 5.82 Å². The first-order valence-electron chi connectivity index (χ1n) is 8.84. The molecule has 0 atom stereocenters. The van der Waals surface area contributed by atoms with Crippen molar-refractivity contribution in [2.24, 2.45) is 0 Å². The smallest absolute Gasteiger partial charge is 0.160 e. The van der Waals surface area contributed by atoms with Crippen LogP contribution in [0.4, 0.5) is 0 Å². The zero-order valence-electron chi connectivity index (χ0n) is 14.7. The summed E-state index contributed by atoms with van der Waals surface area (Å²) in [4.78, 5) is 14.4. The molecule has 0 spiro atoms. The van der Waals surface area contributed by atoms with Crippen molar-refractivity contribution in [2.45, 2.75) is 19.9 Å². The quantitative estimate of drug-likeness (QED) is 0.406. The van der Waals surface area contributed by atoms with Crippen LogP contribution in [0.2, 0.25) is 0 Å². The van der Waals surface area contributed by atoms with Gasteiger partial charge < -0.3 is 4.57 Å². The molecular formula is C22H18N4. The standard InChI is InChI=1S/C22H18N4/c1-14(2)26-19-8-4-3-7-17(19)25-22(26)18-12-11-16-10-9-15-6-5-13-23-20(15)21(16)24-18/h3-14H,1-2H3. The maximum atomic E-state index is 4.97. The van der Waals surface area contributed by atoms with Crippen LogP contribution >= 0.6 is 0 Å². The molecule has 0 aliphatic rings. The van der Waals surface area contributed by atoms with E-state index >= 15 is 0 Å². The maximum Gasteiger partial charge on any atom is 0.160 e. The van der Waals surface area contributed by atoms with Crippen molar-refractivity contribution in [1.82, 2.24) is 19.5 Å². The molecule has 5 aromatic rings. The van der Waals surface area contributed by atoms with Crippen LogP contribution in [0.1, 0.15) is 19.9 Å². The summed E-state index contributed by atoms with van der Waals surface area (Å²) < 4.78 is 2.25. The van der Waals surface area contributed by atoms with E-state index in [-0.39, 0.29) is 0 Å². The lowest BCUT2D eigenvalue weighted by atomic mass is 10.1. The molecule has 4 heteroatoms. The molecule has 3 heterocycles. The van der Waals surface area contributed by atoms with Gasteiger partial charge in [0.25, 0.3) is 0 Å². The average Bonchev–Trinajstić information content (AvgIpc) is 3.07. The molecule has 5 rings (SSSR count). The molecule has 0 N–H and O–H groups in total. The summed E-state index contributed by atoms with van der Waals surface area (Å²) in [6.45, 7) is 4.35. The van der Waals surface area contributed by atoms with E-state index in [0.717, 1.165) is 44.4 Å². The molecule has 26 heavy (non-hydrogen) atoms. The highest BCUT2D eigenvalue weighted by atomic mass is 15.1. The normalized spacial score (nSPS) is 11.8. The van der Waals surface area contributed by atoms with E-state index in [2.05, 4.69) is 71.9 Å². The molecule has 126 valence electrons. The largest absolute Gasteiger partial charge is 0.320 e. The summed E-state index contributed by atoms with van der Waals surface area (Å²) in [6.07, 6.45) is 1.82. The number of fused-ring (bicyclic) bond motifs is 4. The molecular weight excluding hydrogens is 320 g/mol. The summed E-state index contributed by atoms with van der Waals surface area (Å²) in [6, 6.07) is 20.9. The van der Waals surface area contributed by atoms with E-state index in [1.54, 1.807) is 0 Å². The third-order valence-electron chi connectivity index (χ3n) is 4.77. The number of imidazole rings is 1. The molecule has 2 aromatic carbocycles. The summed E-state index contributed by atoms with van der Waals surface area (Å²) in [5, 5.41) is 2.19. The van der Waals surface area contributed by atoms with Crippen molar-refractivity contribution < 1.29 is 0 Å². The van der Waals surface area contributed by atoms with Crippen LogP contribution in [-0.2, 0) is 0 Å². The van der Waals surface area contributed by atoms with E-state index in [1.807, 2.05) is 18.3 Å². The number of benzene rings is 2. The Morgan fingerprint density at radius 2 is 1.54 bits per heavy atom. The van der Waals surface area contributed by atoms with Gasteiger partial charge in [-0.05, 0) is 38.1 Å². The lowest BCUT2D eigenvalue weighted by Gasteiger charge is -2.13. The van der Waals surface area contributed by atoms with Crippen molar-refractivity contribution in [1.29, 1.82) is 0 Å². The Bertz CT molecular complexity index is 1270. The first kappa shape index (κ1) is 15.0. The Morgan fingerprint density at radius 3 is 2.38 bits per heavy atom. The summed E-state index contributed by atoms with van der Waals surface area (Å²) in [7, 11) is 0. The molecule has 0 radical (unpaired) electrons. The van der Waals surface area contributed by atoms with Gasteiger partial charge in [0.2, 0.25) is 0 Å². The number of nitrogens with zero attached hydrogens (tertiary/aromatic N) is 4. The third kappa shape index (κ3) is 2.19. The highest BCUT2D eigenvalue weighted by Gasteiger charge is 2.16. The molecule has 3 aromatic heterocycles. The van der Waals surface area contributed by atoms with E-state index in [1.165, 1.54) is 0 Å². The number of rotatable bonds is 2. The highest BCUT2D eigenvalue weighted by molar-refractivity contribution is 6.03. The van der Waals surface area contributed by atoms with Gasteiger partial charge in [-0.3, -0.25) is 4.98 Å². The number of aromatic nitrogens is 4. The second-order valence-corrected chi connectivity index (χ2v) is 6.80. The molecule has 0 fully saturated rings. The van der Waals surface area contributed by atoms with Gasteiger partial charge in [0.1, 0.15) is 5.69 Å². The van der Waals surface area contributed by atoms with Crippen LogP contribution < -0.4 is 0 Å². The first-order chi connectivity index (χ1) is 12.7. The Balaban J connectivity index is 1.83. The third-order valence-corrected chi connectivity index (χ3v) is 4.77. The Kier molecular flexibility index (Phi) is 3.25. The SMILES string of the molecule is CC(C)n1c(-c2ccc3ccc4cccnc4c3n2)nc2ccccc21. The van der Waals surface area contributed by atoms with Crippen LogP contribution in [0, 0.1) is 0 Å². The second-order valence-electron chi connectivity index (χ2n) is 6.80. The van der Waals surface area contributed by atoms with Crippen LogP contribution in [0.3, 0.4) is 0 Å². The molecule has 0 saturated carbocycles. The topological polar surface area (TPSA) is 43.6 Å². The maximum absolute atomic E-state index is 4.97. The highest BCUT2D eigenvalue weighted by Crippen LogP contribution is 2.30. The number of hydrogen-bond acceptors (Lipinski definition) is 3. The van der Waals surface area contributed by atoms with Crippen molar-refractivity contribution in [3.63, 3.8) is 0 Å². The van der Waals surface area contributed by atoms with E-state index in [9.17, 15) is 0 Å². The van der Waals surface area contributed by atoms with Gasteiger partial charge in [0, 0.05) is 23.0 Å². The zero-order valence-corrected chi connectivity index (χ0v) is 14.7. The van der Waals surface area contributed by atoms with Crippen LogP contribution in [-0.4, -0.2) is 19.5 Å². The fourth-order valence-electron chi connectivity index (χ4n) is 3.60. The van der Waals surface area contributed by atoms with Gasteiger partial charge in [0.05, 0.1) is 22.1 Å². The second kappa shape index (κ2) is 5.63. The predicted octanol–water partition coefficient (Wildman–Crippen LogP) is 5.38. The Morgan fingerprint density at radius 1 is 0.769 bits per heavy atom. The number of para-hydroxylation sites is 2. The lowest BCUT2D eigenvalue weighted by Crippen LogP contribution is -2.04. The summed E-state index contributed by atoms with van der Waals surface area (Å²) in [5.74, 6) is 0.899. The van der Waals surface area contributed by atoms with E-state index < -0.39 is 0 Å². The van der Waals surface area contributed by atoms with Crippen LogP contribution in [0.25, 0.3) is 44.4 Å². The zero-order chi connectivity index (χ0) is 17.7. The fourth-order valence-corrected chi connectivity index (χ4v) is 3.60. The van der Waals surface area contributed by atoms with Crippen molar-refractivity contribution in [2.75, 3.05) is 0 Å². The Hall–Kier alpha value is -3.27. The first-order valence-corrected chi connectivity index (χ1v) is 8.84. The lowest BCUT2D eigenvalue weighted by molar-refractivity contribution is 0.623. The van der Waals surface area contributed by atoms with Gasteiger partial charge >= 0.3 is 0 Å². The molecule has 0 unspecified atom stereocenters. The van der Waals surface area contributed by atoms with Crippen LogP contribution in [0.15, 0.2) is 66.9 Å². The molecule has 0 bridgehead atoms. The van der Waals surface area contributed by atoms with Crippen molar-refractivity contribution >= 4 is 32.8 Å². The van der Waals surface area contributed by atoms with Crippen LogP contribution in [0.5, 0.6) is 0 Å². The average molecular weight is 338 g/mol. The van der Waals surface area contributed by atoms with Gasteiger partial charge in [-0.2, -0.15) is 0 Å². The van der Waals surface area contributed by atoms with Gasteiger partial charge in [-0.1, -0.05) is 36.4 Å². The fraction of sp³-hybridized carbons (Fsp3) is 0.136. The Labute approximate surface area is 151 Å². The van der Waals surface area contributed by atoms with Gasteiger partial charge in [-0.25, -0.2) is 9.97 Å². The molecule has 0 saturated heterocycles. The molecule has 0 amide bonds. The van der Waals surface area contributed by atoms with E-state index in [0.29, 0.717) is 6.04 Å².